The molecule has 3 unspecified atom stereocenters. The number of nitrogens with zero attached hydrogens (tertiary/aromatic N) is 2. The van der Waals surface area contributed by atoms with E-state index in [2.05, 4.69) is 21.2 Å². The molecule has 1 aromatic carbocycles. The Hall–Kier alpha value is -1.38. The number of rotatable bonds is 11. The second kappa shape index (κ2) is 14.9. The number of esters is 1. The minimum absolute atomic E-state index is 0.0357. The first kappa shape index (κ1) is 34.1. The number of halogens is 4. The molecule has 0 saturated carbocycles. The molecule has 10 nitrogen and oxygen atoms in total. The highest BCUT2D eigenvalue weighted by Gasteiger charge is 2.54. The van der Waals surface area contributed by atoms with E-state index in [1.54, 1.807) is 24.3 Å². The fourth-order valence-corrected chi connectivity index (χ4v) is 7.19. The SMILES string of the molecule is CC(SC1C(NC(=O)OCc2ccccc2)C(=O)N1/C(C(=O)OCC(Cl)(Cl)Cl)=C(/CBr)N1CCCCC1)S(C)(=O)=O. The molecule has 2 amide bonds. The smallest absolute Gasteiger partial charge is 0.408 e. The lowest BCUT2D eigenvalue weighted by Crippen LogP contribution is -2.70. The first-order chi connectivity index (χ1) is 19.2. The van der Waals surface area contributed by atoms with Crippen molar-refractivity contribution >= 4 is 90.3 Å². The van der Waals surface area contributed by atoms with Crippen molar-refractivity contribution in [3.63, 3.8) is 0 Å². The van der Waals surface area contributed by atoms with Gasteiger partial charge in [0, 0.05) is 24.7 Å². The normalized spacial score (nSPS) is 21.0. The van der Waals surface area contributed by atoms with Crippen molar-refractivity contribution in [1.29, 1.82) is 0 Å². The zero-order chi connectivity index (χ0) is 30.4. The number of hydrogen-bond acceptors (Lipinski definition) is 9. The molecule has 3 rings (SSSR count). The van der Waals surface area contributed by atoms with Crippen molar-refractivity contribution in [1.82, 2.24) is 15.1 Å². The van der Waals surface area contributed by atoms with Crippen LogP contribution in [0.3, 0.4) is 0 Å². The van der Waals surface area contributed by atoms with Crippen molar-refractivity contribution in [3.8, 4) is 0 Å². The summed E-state index contributed by atoms with van der Waals surface area (Å²) in [6, 6.07) is 7.79. The molecule has 0 aliphatic carbocycles. The number of carbonyl (C=O) groups excluding carboxylic acids is 3. The number of amides is 2. The molecule has 41 heavy (non-hydrogen) atoms. The maximum Gasteiger partial charge on any atom is 0.408 e. The lowest BCUT2D eigenvalue weighted by molar-refractivity contribution is -0.151. The van der Waals surface area contributed by atoms with Crippen LogP contribution in [0.15, 0.2) is 41.7 Å². The number of alkyl carbamates (subject to hydrolysis) is 1. The summed E-state index contributed by atoms with van der Waals surface area (Å²) in [6.45, 7) is 2.12. The van der Waals surface area contributed by atoms with Gasteiger partial charge in [0.05, 0.1) is 5.70 Å². The largest absolute Gasteiger partial charge is 0.456 e. The van der Waals surface area contributed by atoms with E-state index in [0.29, 0.717) is 18.8 Å². The van der Waals surface area contributed by atoms with Crippen molar-refractivity contribution in [3.05, 3.63) is 47.3 Å². The van der Waals surface area contributed by atoms with E-state index in [-0.39, 0.29) is 17.6 Å². The second-order valence-electron chi connectivity index (χ2n) is 9.48. The van der Waals surface area contributed by atoms with Gasteiger partial charge in [0.25, 0.3) is 5.91 Å². The van der Waals surface area contributed by atoms with Crippen LogP contribution < -0.4 is 5.32 Å². The van der Waals surface area contributed by atoms with Gasteiger partial charge in [0.2, 0.25) is 3.79 Å². The van der Waals surface area contributed by atoms with E-state index >= 15 is 0 Å². The van der Waals surface area contributed by atoms with E-state index in [1.165, 1.54) is 6.92 Å². The number of nitrogens with one attached hydrogen (secondary N) is 1. The number of carbonyl (C=O) groups is 3. The molecule has 0 aromatic heterocycles. The summed E-state index contributed by atoms with van der Waals surface area (Å²) in [5.41, 5.74) is 1.10. The van der Waals surface area contributed by atoms with Crippen LogP contribution in [0.5, 0.6) is 0 Å². The van der Waals surface area contributed by atoms with Gasteiger partial charge in [-0.05, 0) is 31.7 Å². The van der Waals surface area contributed by atoms with Gasteiger partial charge in [-0.1, -0.05) is 81.1 Å². The number of hydrogen-bond donors (Lipinski definition) is 1. The second-order valence-corrected chi connectivity index (χ2v) is 16.7. The monoisotopic (exact) mass is 733 g/mol. The minimum Gasteiger partial charge on any atom is -0.456 e. The highest BCUT2D eigenvalue weighted by atomic mass is 79.9. The van der Waals surface area contributed by atoms with Gasteiger partial charge in [0.15, 0.2) is 15.5 Å². The topological polar surface area (TPSA) is 122 Å². The quantitative estimate of drug-likeness (QED) is 0.151. The molecule has 3 atom stereocenters. The van der Waals surface area contributed by atoms with Crippen molar-refractivity contribution < 1.29 is 32.3 Å². The van der Waals surface area contributed by atoms with E-state index in [1.807, 2.05) is 11.0 Å². The summed E-state index contributed by atoms with van der Waals surface area (Å²) in [5, 5.41) is 1.73. The molecule has 1 aromatic rings. The maximum atomic E-state index is 13.6. The van der Waals surface area contributed by atoms with Crippen LogP contribution in [0, 0.1) is 0 Å². The summed E-state index contributed by atoms with van der Waals surface area (Å²) in [5.74, 6) is -1.57. The molecule has 2 saturated heterocycles. The van der Waals surface area contributed by atoms with E-state index in [4.69, 9.17) is 44.3 Å². The maximum absolute atomic E-state index is 13.6. The summed E-state index contributed by atoms with van der Waals surface area (Å²) >= 11 is 21.8. The summed E-state index contributed by atoms with van der Waals surface area (Å²) < 4.78 is 32.4. The van der Waals surface area contributed by atoms with Crippen LogP contribution in [-0.2, 0) is 35.5 Å². The van der Waals surface area contributed by atoms with Crippen LogP contribution in [0.4, 0.5) is 4.79 Å². The number of β-lactam (4-membered cyclic amide) rings is 1. The Morgan fingerprint density at radius 2 is 1.78 bits per heavy atom. The average molecular weight is 736 g/mol. The highest BCUT2D eigenvalue weighted by molar-refractivity contribution is 9.09. The molecule has 2 aliphatic rings. The number of alkyl halides is 4. The van der Waals surface area contributed by atoms with Gasteiger partial charge in [-0.3, -0.25) is 9.69 Å². The van der Waals surface area contributed by atoms with Crippen LogP contribution in [0.25, 0.3) is 0 Å². The molecule has 0 spiro atoms. The van der Waals surface area contributed by atoms with Crippen molar-refractivity contribution in [2.24, 2.45) is 0 Å². The Bertz CT molecular complexity index is 1240. The molecule has 0 radical (unpaired) electrons. The van der Waals surface area contributed by atoms with Crippen LogP contribution in [0.1, 0.15) is 31.7 Å². The van der Waals surface area contributed by atoms with Gasteiger partial charge >= 0.3 is 12.1 Å². The fraction of sp³-hybridized carbons (Fsp3) is 0.560. The van der Waals surface area contributed by atoms with Gasteiger partial charge in [0.1, 0.15) is 29.2 Å². The molecule has 2 heterocycles. The number of thioether (sulfide) groups is 1. The third-order valence-corrected chi connectivity index (χ3v) is 11.0. The molecule has 0 bridgehead atoms. The molecular formula is C25H31BrCl3N3O7S2. The van der Waals surface area contributed by atoms with Gasteiger partial charge in [-0.25, -0.2) is 18.0 Å². The Balaban J connectivity index is 1.94. The van der Waals surface area contributed by atoms with Gasteiger partial charge in [-0.15, -0.1) is 11.8 Å². The highest BCUT2D eigenvalue weighted by Crippen LogP contribution is 2.40. The molecule has 16 heteroatoms. The predicted molar refractivity (Wildman–Crippen MR) is 164 cm³/mol. The number of sulfone groups is 1. The lowest BCUT2D eigenvalue weighted by atomic mass is 10.0. The van der Waals surface area contributed by atoms with Gasteiger partial charge in [-0.2, -0.15) is 0 Å². The molecule has 2 fully saturated rings. The van der Waals surface area contributed by atoms with Crippen LogP contribution >= 0.6 is 62.5 Å². The zero-order valence-electron chi connectivity index (χ0n) is 22.4. The summed E-state index contributed by atoms with van der Waals surface area (Å²) in [7, 11) is -3.56. The summed E-state index contributed by atoms with van der Waals surface area (Å²) in [4.78, 5) is 42.9. The first-order valence-corrected chi connectivity index (χ1v) is 17.8. The molecule has 228 valence electrons. The number of ether oxygens (including phenoxy) is 2. The van der Waals surface area contributed by atoms with Crippen molar-refractivity contribution in [2.45, 2.75) is 52.6 Å². The summed E-state index contributed by atoms with van der Waals surface area (Å²) in [6.07, 6.45) is 2.97. The third kappa shape index (κ3) is 9.56. The standard InChI is InChI=1S/C25H31BrCl3N3O7S2/c1-16(41(2,36)37)40-22-19(30-24(35)38-14-17-9-5-3-6-10-17)21(33)32(22)20(23(34)39-15-25(27,28)29)18(13-26)31-11-7-4-8-12-31/h3,5-6,9-10,16,19,22H,4,7-8,11-15H2,1-2H3,(H,30,35)/b20-18-. The Morgan fingerprint density at radius 3 is 2.34 bits per heavy atom. The first-order valence-electron chi connectivity index (χ1n) is 12.7. The fourth-order valence-electron chi connectivity index (χ4n) is 4.20. The average Bonchev–Trinajstić information content (AvgIpc) is 2.93. The van der Waals surface area contributed by atoms with E-state index in [9.17, 15) is 22.8 Å². The number of allylic oxidation sites excluding steroid dienone is 1. The molecule has 1 N–H and O–H groups in total. The number of benzene rings is 1. The van der Waals surface area contributed by atoms with Crippen molar-refractivity contribution in [2.75, 3.05) is 31.3 Å². The molecule has 2 aliphatic heterocycles. The van der Waals surface area contributed by atoms with E-state index < -0.39 is 54.2 Å². The van der Waals surface area contributed by atoms with E-state index in [0.717, 1.165) is 47.7 Å². The Morgan fingerprint density at radius 1 is 1.15 bits per heavy atom. The van der Waals surface area contributed by atoms with Crippen LogP contribution in [0.2, 0.25) is 0 Å². The Labute approximate surface area is 267 Å². The van der Waals surface area contributed by atoms with Crippen LogP contribution in [-0.4, -0.2) is 87.3 Å². The predicted octanol–water partition coefficient (Wildman–Crippen LogP) is 4.58. The minimum atomic E-state index is -3.56. The number of likely N-dealkylation sites (tertiary alicyclic amines) is 2. The third-order valence-electron chi connectivity index (χ3n) is 6.40. The zero-order valence-corrected chi connectivity index (χ0v) is 27.8. The lowest BCUT2D eigenvalue weighted by Gasteiger charge is -2.48. The number of piperidine rings is 1. The Kier molecular flexibility index (Phi) is 12.4. The van der Waals surface area contributed by atoms with Gasteiger partial charge < -0.3 is 19.7 Å². The molecular weight excluding hydrogens is 705 g/mol.